The van der Waals surface area contributed by atoms with Crippen molar-refractivity contribution in [3.63, 3.8) is 0 Å². The van der Waals surface area contributed by atoms with Gasteiger partial charge in [0, 0.05) is 10.2 Å². The van der Waals surface area contributed by atoms with E-state index in [2.05, 4.69) is 26.6 Å². The maximum Gasteiger partial charge on any atom is 0.261 e. The Hall–Kier alpha value is -2.90. The van der Waals surface area contributed by atoms with Crippen LogP contribution < -0.4 is 20.1 Å². The van der Waals surface area contributed by atoms with Gasteiger partial charge in [-0.05, 0) is 54.7 Å². The summed E-state index contributed by atoms with van der Waals surface area (Å²) >= 11 is 8.64. The van der Waals surface area contributed by atoms with Gasteiger partial charge in [-0.2, -0.15) is 0 Å². The Kier molecular flexibility index (Phi) is 7.61. The van der Waals surface area contributed by atoms with Gasteiger partial charge in [0.2, 0.25) is 0 Å². The van der Waals surface area contributed by atoms with Crippen LogP contribution >= 0.6 is 28.1 Å². The highest BCUT2D eigenvalue weighted by Gasteiger charge is 2.13. The van der Waals surface area contributed by atoms with Crippen molar-refractivity contribution in [1.29, 1.82) is 0 Å². The third kappa shape index (κ3) is 6.58. The number of anilines is 1. The second-order valence-corrected chi connectivity index (χ2v) is 7.25. The number of carbonyl (C=O) groups is 1. The fourth-order valence-corrected chi connectivity index (χ4v) is 3.12. The Balaban J connectivity index is 1.54. The summed E-state index contributed by atoms with van der Waals surface area (Å²) in [5, 5.41) is 5.86. The quantitative estimate of drug-likeness (QED) is 0.374. The summed E-state index contributed by atoms with van der Waals surface area (Å²) in [5.41, 5.74) is 1.16. The molecule has 1 amide bonds. The van der Waals surface area contributed by atoms with Crippen LogP contribution in [0.25, 0.3) is 0 Å². The van der Waals surface area contributed by atoms with Crippen molar-refractivity contribution < 1.29 is 14.3 Å². The van der Waals surface area contributed by atoms with Crippen LogP contribution in [0.3, 0.4) is 0 Å². The van der Waals surface area contributed by atoms with Crippen molar-refractivity contribution in [3.8, 4) is 11.5 Å². The first-order valence-electron chi connectivity index (χ1n) is 8.89. The molecule has 0 heterocycles. The highest BCUT2D eigenvalue weighted by atomic mass is 79.9. The molecular weight excluding hydrogens is 452 g/mol. The molecule has 0 aliphatic heterocycles. The molecule has 3 aromatic rings. The fourth-order valence-electron chi connectivity index (χ4n) is 2.51. The van der Waals surface area contributed by atoms with Gasteiger partial charge in [0.05, 0.1) is 5.56 Å². The molecule has 0 saturated heterocycles. The zero-order valence-corrected chi connectivity index (χ0v) is 17.8. The summed E-state index contributed by atoms with van der Waals surface area (Å²) in [6.07, 6.45) is 0. The Morgan fingerprint density at radius 3 is 2.41 bits per heavy atom. The molecule has 0 aromatic heterocycles. The third-order valence-electron chi connectivity index (χ3n) is 3.79. The van der Waals surface area contributed by atoms with Crippen LogP contribution in [0.4, 0.5) is 5.69 Å². The summed E-state index contributed by atoms with van der Waals surface area (Å²) in [4.78, 5) is 12.6. The van der Waals surface area contributed by atoms with Gasteiger partial charge in [-0.25, -0.2) is 0 Å². The van der Waals surface area contributed by atoms with Crippen molar-refractivity contribution in [3.05, 3.63) is 88.9 Å². The number of benzene rings is 3. The summed E-state index contributed by atoms with van der Waals surface area (Å²) in [7, 11) is 0. The molecule has 0 bridgehead atoms. The van der Waals surface area contributed by atoms with Crippen molar-refractivity contribution in [2.45, 2.75) is 0 Å². The largest absolute Gasteiger partial charge is 0.490 e. The summed E-state index contributed by atoms with van der Waals surface area (Å²) in [6.45, 7) is 0.669. The molecule has 148 valence electrons. The molecule has 0 spiro atoms. The lowest BCUT2D eigenvalue weighted by atomic mass is 10.2. The van der Waals surface area contributed by atoms with Crippen molar-refractivity contribution >= 4 is 44.9 Å². The highest BCUT2D eigenvalue weighted by Crippen LogP contribution is 2.19. The normalized spacial score (nSPS) is 10.1. The van der Waals surface area contributed by atoms with Gasteiger partial charge in [0.25, 0.3) is 5.91 Å². The van der Waals surface area contributed by atoms with Crippen molar-refractivity contribution in [2.75, 3.05) is 18.5 Å². The molecule has 0 aliphatic carbocycles. The number of nitrogens with one attached hydrogen (secondary N) is 2. The maximum atomic E-state index is 12.6. The van der Waals surface area contributed by atoms with Gasteiger partial charge in [-0.15, -0.1) is 0 Å². The standard InChI is InChI=1S/C22H19BrN2O3S/c23-16-7-6-8-17(15-16)24-22(29)25-21(26)19-11-4-5-12-20(19)28-14-13-27-18-9-2-1-3-10-18/h1-12,15H,13-14H2,(H2,24,25,26,29). The molecule has 3 aromatic carbocycles. The molecule has 0 unspecified atom stereocenters. The van der Waals surface area contributed by atoms with Crippen LogP contribution in [0.15, 0.2) is 83.3 Å². The molecule has 2 N–H and O–H groups in total. The fraction of sp³-hybridized carbons (Fsp3) is 0.0909. The third-order valence-corrected chi connectivity index (χ3v) is 4.49. The number of para-hydroxylation sites is 2. The lowest BCUT2D eigenvalue weighted by molar-refractivity contribution is 0.0972. The SMILES string of the molecule is O=C(NC(=S)Nc1cccc(Br)c1)c1ccccc1OCCOc1ccccc1. The number of ether oxygens (including phenoxy) is 2. The molecule has 29 heavy (non-hydrogen) atoms. The average Bonchev–Trinajstić information content (AvgIpc) is 2.72. The molecule has 0 atom stereocenters. The van der Waals surface area contributed by atoms with E-state index in [0.29, 0.717) is 24.5 Å². The van der Waals surface area contributed by atoms with E-state index in [0.717, 1.165) is 15.9 Å². The zero-order chi connectivity index (χ0) is 20.5. The maximum absolute atomic E-state index is 12.6. The molecule has 3 rings (SSSR count). The number of hydrogen-bond acceptors (Lipinski definition) is 4. The van der Waals surface area contributed by atoms with Crippen molar-refractivity contribution in [2.24, 2.45) is 0 Å². The van der Waals surface area contributed by atoms with E-state index in [1.807, 2.05) is 60.7 Å². The van der Waals surface area contributed by atoms with E-state index >= 15 is 0 Å². The monoisotopic (exact) mass is 470 g/mol. The first-order chi connectivity index (χ1) is 14.1. The van der Waals surface area contributed by atoms with E-state index in [9.17, 15) is 4.79 Å². The zero-order valence-electron chi connectivity index (χ0n) is 15.4. The van der Waals surface area contributed by atoms with Gasteiger partial charge in [-0.1, -0.05) is 52.3 Å². The van der Waals surface area contributed by atoms with Gasteiger partial charge >= 0.3 is 0 Å². The van der Waals surface area contributed by atoms with E-state index in [1.54, 1.807) is 18.2 Å². The highest BCUT2D eigenvalue weighted by molar-refractivity contribution is 9.10. The average molecular weight is 471 g/mol. The summed E-state index contributed by atoms with van der Waals surface area (Å²) < 4.78 is 12.3. The second kappa shape index (κ2) is 10.6. The minimum absolute atomic E-state index is 0.204. The topological polar surface area (TPSA) is 59.6 Å². The second-order valence-electron chi connectivity index (χ2n) is 5.92. The number of carbonyl (C=O) groups excluding carboxylic acids is 1. The number of hydrogen-bond donors (Lipinski definition) is 2. The molecule has 0 fully saturated rings. The first-order valence-corrected chi connectivity index (χ1v) is 10.1. The molecule has 0 aliphatic rings. The predicted molar refractivity (Wildman–Crippen MR) is 122 cm³/mol. The predicted octanol–water partition coefficient (Wildman–Crippen LogP) is 5.03. The van der Waals surface area contributed by atoms with Gasteiger partial charge in [0.1, 0.15) is 24.7 Å². The van der Waals surface area contributed by atoms with Gasteiger partial charge < -0.3 is 14.8 Å². The minimum Gasteiger partial charge on any atom is -0.490 e. The van der Waals surface area contributed by atoms with Crippen LogP contribution in [0, 0.1) is 0 Å². The number of thiocarbonyl (C=S) groups is 1. The molecule has 5 nitrogen and oxygen atoms in total. The van der Waals surface area contributed by atoms with Crippen LogP contribution in [-0.2, 0) is 0 Å². The lowest BCUT2D eigenvalue weighted by Crippen LogP contribution is -2.34. The Morgan fingerprint density at radius 2 is 1.62 bits per heavy atom. The van der Waals surface area contributed by atoms with Crippen LogP contribution in [0.2, 0.25) is 0 Å². The van der Waals surface area contributed by atoms with Crippen molar-refractivity contribution in [1.82, 2.24) is 5.32 Å². The van der Waals surface area contributed by atoms with E-state index in [4.69, 9.17) is 21.7 Å². The summed E-state index contributed by atoms with van der Waals surface area (Å²) in [6, 6.07) is 24.0. The number of amides is 1. The minimum atomic E-state index is -0.350. The molecule has 0 radical (unpaired) electrons. The molecular formula is C22H19BrN2O3S. The molecule has 0 saturated carbocycles. The number of rotatable bonds is 7. The first kappa shape index (κ1) is 20.8. The van der Waals surface area contributed by atoms with Gasteiger partial charge in [0.15, 0.2) is 5.11 Å². The molecule has 7 heteroatoms. The van der Waals surface area contributed by atoms with Crippen LogP contribution in [0.1, 0.15) is 10.4 Å². The lowest BCUT2D eigenvalue weighted by Gasteiger charge is -2.13. The Bertz CT molecular complexity index is 983. The van der Waals surface area contributed by atoms with E-state index in [-0.39, 0.29) is 11.0 Å². The van der Waals surface area contributed by atoms with E-state index < -0.39 is 0 Å². The Labute approximate surface area is 183 Å². The smallest absolute Gasteiger partial charge is 0.261 e. The van der Waals surface area contributed by atoms with Crippen LogP contribution in [0.5, 0.6) is 11.5 Å². The Morgan fingerprint density at radius 1 is 0.897 bits per heavy atom. The van der Waals surface area contributed by atoms with Crippen LogP contribution in [-0.4, -0.2) is 24.2 Å². The van der Waals surface area contributed by atoms with E-state index in [1.165, 1.54) is 0 Å². The summed E-state index contributed by atoms with van der Waals surface area (Å²) in [5.74, 6) is 0.884. The van der Waals surface area contributed by atoms with Gasteiger partial charge in [-0.3, -0.25) is 10.1 Å². The number of halogens is 1.